The van der Waals surface area contributed by atoms with E-state index in [2.05, 4.69) is 10.0 Å². The van der Waals surface area contributed by atoms with Gasteiger partial charge in [-0.3, -0.25) is 4.79 Å². The Morgan fingerprint density at radius 2 is 1.86 bits per heavy atom. The lowest BCUT2D eigenvalue weighted by molar-refractivity contribution is -0.128. The molecule has 1 aliphatic carbocycles. The smallest absolute Gasteiger partial charge is 0.260 e. The first-order valence-electron chi connectivity index (χ1n) is 10.1. The minimum absolute atomic E-state index is 0.0547. The van der Waals surface area contributed by atoms with E-state index in [1.165, 1.54) is 18.6 Å². The van der Waals surface area contributed by atoms with Crippen LogP contribution in [0, 0.1) is 0 Å². The van der Waals surface area contributed by atoms with Crippen LogP contribution in [0.25, 0.3) is 0 Å². The molecule has 1 aromatic carbocycles. The molecule has 2 aliphatic rings. The molecule has 1 saturated carbocycles. The molecule has 3 rings (SSSR count). The Balaban J connectivity index is 1.50. The number of benzene rings is 1. The van der Waals surface area contributed by atoms with Gasteiger partial charge >= 0.3 is 0 Å². The summed E-state index contributed by atoms with van der Waals surface area (Å²) in [6.07, 6.45) is 6.71. The second-order valence-corrected chi connectivity index (χ2v) is 9.33. The quantitative estimate of drug-likeness (QED) is 0.686. The van der Waals surface area contributed by atoms with Crippen LogP contribution < -0.4 is 14.8 Å². The molecule has 1 saturated heterocycles. The van der Waals surface area contributed by atoms with Crippen LogP contribution in [0.4, 0.5) is 0 Å². The van der Waals surface area contributed by atoms with Gasteiger partial charge in [0.2, 0.25) is 10.0 Å². The maximum Gasteiger partial charge on any atom is 0.260 e. The molecule has 1 aromatic rings. The molecule has 28 heavy (non-hydrogen) atoms. The van der Waals surface area contributed by atoms with Gasteiger partial charge in [0.05, 0.1) is 11.0 Å². The maximum atomic E-state index is 12.4. The molecule has 0 unspecified atom stereocenters. The summed E-state index contributed by atoms with van der Waals surface area (Å²) in [7, 11) is -3.59. The van der Waals surface area contributed by atoms with Crippen LogP contribution in [0.5, 0.6) is 5.75 Å². The van der Waals surface area contributed by atoms with Crippen molar-refractivity contribution in [3.63, 3.8) is 0 Å². The van der Waals surface area contributed by atoms with Crippen LogP contribution >= 0.6 is 0 Å². The third kappa shape index (κ3) is 5.93. The molecule has 2 N–H and O–H groups in total. The summed E-state index contributed by atoms with van der Waals surface area (Å²) >= 11 is 0. The van der Waals surface area contributed by atoms with E-state index in [1.807, 2.05) is 0 Å². The van der Waals surface area contributed by atoms with Crippen LogP contribution in [-0.4, -0.2) is 45.7 Å². The van der Waals surface area contributed by atoms with Crippen molar-refractivity contribution < 1.29 is 22.7 Å². The standard InChI is InChI=1S/C20H30N2O5S/c1-15(20(23)22-16-6-3-2-4-7-16)27-17-9-11-19(12-10-17)28(24,25)21-14-18-8-5-13-26-18/h9-12,15-16,18,21H,2-8,13-14H2,1H3,(H,22,23)/t15-,18-/m1/s1. The molecule has 1 amide bonds. The van der Waals surface area contributed by atoms with Crippen molar-refractivity contribution in [2.45, 2.75) is 75.0 Å². The third-order valence-electron chi connectivity index (χ3n) is 5.29. The van der Waals surface area contributed by atoms with E-state index in [9.17, 15) is 13.2 Å². The first kappa shape index (κ1) is 21.1. The molecule has 1 aliphatic heterocycles. The summed E-state index contributed by atoms with van der Waals surface area (Å²) in [4.78, 5) is 12.5. The molecule has 2 fully saturated rings. The number of nitrogens with one attached hydrogen (secondary N) is 2. The Kier molecular flexibility index (Phi) is 7.31. The zero-order chi connectivity index (χ0) is 20.0. The topological polar surface area (TPSA) is 93.7 Å². The number of amides is 1. The number of hydrogen-bond acceptors (Lipinski definition) is 5. The monoisotopic (exact) mass is 410 g/mol. The highest BCUT2D eigenvalue weighted by Gasteiger charge is 2.22. The van der Waals surface area contributed by atoms with Crippen molar-refractivity contribution in [2.75, 3.05) is 13.2 Å². The number of sulfonamides is 1. The second kappa shape index (κ2) is 9.71. The van der Waals surface area contributed by atoms with Crippen LogP contribution in [0.1, 0.15) is 51.9 Å². The summed E-state index contributed by atoms with van der Waals surface area (Å²) in [5, 5.41) is 3.04. The predicted octanol–water partition coefficient (Wildman–Crippen LogP) is 2.36. The van der Waals surface area contributed by atoms with E-state index >= 15 is 0 Å². The van der Waals surface area contributed by atoms with Gasteiger partial charge in [0.1, 0.15) is 5.75 Å². The van der Waals surface area contributed by atoms with Crippen molar-refractivity contribution in [2.24, 2.45) is 0 Å². The number of rotatable bonds is 8. The van der Waals surface area contributed by atoms with E-state index in [-0.39, 0.29) is 29.5 Å². The molecule has 0 aromatic heterocycles. The van der Waals surface area contributed by atoms with Gasteiger partial charge in [-0.2, -0.15) is 0 Å². The first-order valence-corrected chi connectivity index (χ1v) is 11.6. The lowest BCUT2D eigenvalue weighted by Gasteiger charge is -2.24. The number of ether oxygens (including phenoxy) is 2. The van der Waals surface area contributed by atoms with Gasteiger partial charge in [-0.1, -0.05) is 19.3 Å². The van der Waals surface area contributed by atoms with Crippen molar-refractivity contribution in [3.8, 4) is 5.75 Å². The Bertz CT molecular complexity index is 738. The lowest BCUT2D eigenvalue weighted by Crippen LogP contribution is -2.43. The zero-order valence-corrected chi connectivity index (χ0v) is 17.2. The Morgan fingerprint density at radius 1 is 1.14 bits per heavy atom. The van der Waals surface area contributed by atoms with Gasteiger partial charge < -0.3 is 14.8 Å². The summed E-state index contributed by atoms with van der Waals surface area (Å²) in [6, 6.07) is 6.35. The Labute approximate surface area is 167 Å². The molecule has 0 radical (unpaired) electrons. The average molecular weight is 411 g/mol. The van der Waals surface area contributed by atoms with Gasteiger partial charge in [-0.05, 0) is 56.9 Å². The fourth-order valence-electron chi connectivity index (χ4n) is 3.61. The zero-order valence-electron chi connectivity index (χ0n) is 16.4. The molecular weight excluding hydrogens is 380 g/mol. The van der Waals surface area contributed by atoms with Crippen molar-refractivity contribution in [1.29, 1.82) is 0 Å². The fraction of sp³-hybridized carbons (Fsp3) is 0.650. The summed E-state index contributed by atoms with van der Waals surface area (Å²) < 4.78 is 38.5. The number of hydrogen-bond donors (Lipinski definition) is 2. The molecule has 156 valence electrons. The largest absolute Gasteiger partial charge is 0.481 e. The fourth-order valence-corrected chi connectivity index (χ4v) is 4.68. The van der Waals surface area contributed by atoms with Gasteiger partial charge in [-0.15, -0.1) is 0 Å². The number of carbonyl (C=O) groups is 1. The molecule has 8 heteroatoms. The van der Waals surface area contributed by atoms with E-state index < -0.39 is 16.1 Å². The molecule has 2 atom stereocenters. The van der Waals surface area contributed by atoms with Crippen LogP contribution in [0.2, 0.25) is 0 Å². The van der Waals surface area contributed by atoms with E-state index in [0.29, 0.717) is 12.4 Å². The second-order valence-electron chi connectivity index (χ2n) is 7.56. The maximum absolute atomic E-state index is 12.4. The van der Waals surface area contributed by atoms with Crippen LogP contribution in [0.15, 0.2) is 29.2 Å². The highest BCUT2D eigenvalue weighted by Crippen LogP contribution is 2.20. The van der Waals surface area contributed by atoms with Crippen molar-refractivity contribution >= 4 is 15.9 Å². The Morgan fingerprint density at radius 3 is 2.50 bits per heavy atom. The summed E-state index contributed by atoms with van der Waals surface area (Å²) in [5.41, 5.74) is 0. The molecular formula is C20H30N2O5S. The van der Waals surface area contributed by atoms with E-state index in [4.69, 9.17) is 9.47 Å². The highest BCUT2D eigenvalue weighted by atomic mass is 32.2. The SMILES string of the molecule is C[C@@H](Oc1ccc(S(=O)(=O)NC[C@H]2CCCO2)cc1)C(=O)NC1CCCCC1. The first-order chi connectivity index (χ1) is 13.4. The van der Waals surface area contributed by atoms with E-state index in [1.54, 1.807) is 19.1 Å². The lowest BCUT2D eigenvalue weighted by atomic mass is 9.95. The minimum Gasteiger partial charge on any atom is -0.481 e. The van der Waals surface area contributed by atoms with Gasteiger partial charge in [0, 0.05) is 19.2 Å². The summed E-state index contributed by atoms with van der Waals surface area (Å²) in [5.74, 6) is 0.325. The van der Waals surface area contributed by atoms with Crippen molar-refractivity contribution in [1.82, 2.24) is 10.0 Å². The predicted molar refractivity (Wildman–Crippen MR) is 106 cm³/mol. The molecule has 7 nitrogen and oxygen atoms in total. The highest BCUT2D eigenvalue weighted by molar-refractivity contribution is 7.89. The van der Waals surface area contributed by atoms with Gasteiger partial charge in [0.25, 0.3) is 5.91 Å². The van der Waals surface area contributed by atoms with Gasteiger partial charge in [-0.25, -0.2) is 13.1 Å². The van der Waals surface area contributed by atoms with Gasteiger partial charge in [0.15, 0.2) is 6.10 Å². The third-order valence-corrected chi connectivity index (χ3v) is 6.73. The summed E-state index contributed by atoms with van der Waals surface area (Å²) in [6.45, 7) is 2.66. The van der Waals surface area contributed by atoms with Crippen LogP contribution in [-0.2, 0) is 19.6 Å². The molecule has 1 heterocycles. The molecule has 0 spiro atoms. The van der Waals surface area contributed by atoms with Crippen LogP contribution in [0.3, 0.4) is 0 Å². The normalized spacial score (nSPS) is 22.0. The minimum atomic E-state index is -3.59. The van der Waals surface area contributed by atoms with Crippen molar-refractivity contribution in [3.05, 3.63) is 24.3 Å². The average Bonchev–Trinajstić information content (AvgIpc) is 3.21. The molecule has 0 bridgehead atoms. The Hall–Kier alpha value is -1.64. The van der Waals surface area contributed by atoms with E-state index in [0.717, 1.165) is 38.5 Å². The number of carbonyl (C=O) groups excluding carboxylic acids is 1.